The van der Waals surface area contributed by atoms with Crippen LogP contribution in [0.1, 0.15) is 45.9 Å². The molecule has 4 aromatic rings. The highest BCUT2D eigenvalue weighted by Gasteiger charge is 2.12. The van der Waals surface area contributed by atoms with Gasteiger partial charge >= 0.3 is 0 Å². The second-order valence-electron chi connectivity index (χ2n) is 9.32. The van der Waals surface area contributed by atoms with Crippen LogP contribution in [0, 0.1) is 0 Å². The largest absolute Gasteiger partial charge is 0.494 e. The van der Waals surface area contributed by atoms with Crippen molar-refractivity contribution >= 4 is 36.4 Å². The summed E-state index contributed by atoms with van der Waals surface area (Å²) in [7, 11) is 0. The molecule has 0 saturated heterocycles. The van der Waals surface area contributed by atoms with Gasteiger partial charge in [-0.3, -0.25) is 0 Å². The Hall–Kier alpha value is -2.70. The molecule has 0 radical (unpaired) electrons. The van der Waals surface area contributed by atoms with Crippen LogP contribution < -0.4 is 9.47 Å². The Labute approximate surface area is 256 Å². The van der Waals surface area contributed by atoms with E-state index in [1.54, 1.807) is 0 Å². The normalized spacial score (nSPS) is 10.6. The molecule has 3 aromatic carbocycles. The number of ether oxygens (including phenoxy) is 2. The molecule has 5 nitrogen and oxygen atoms in total. The van der Waals surface area contributed by atoms with E-state index in [0.717, 1.165) is 91.9 Å². The summed E-state index contributed by atoms with van der Waals surface area (Å²) in [6.45, 7) is 10.6. The Morgan fingerprint density at radius 1 is 0.775 bits per heavy atom. The lowest BCUT2D eigenvalue weighted by Crippen LogP contribution is -2.25. The molecule has 0 aliphatic carbocycles. The second kappa shape index (κ2) is 17.2. The SMILES string of the molecule is CCCCc1nc(-c2ccc(OCCCN(CC)CC)cc2)cn1-c1ccc(Oc2ccc(Cl)cc2)cc1.Cl.Cl. The topological polar surface area (TPSA) is 39.5 Å². The Kier molecular flexibility index (Phi) is 14.4. The number of aryl methyl sites for hydroxylation is 1. The van der Waals surface area contributed by atoms with Crippen molar-refractivity contribution in [3.8, 4) is 34.2 Å². The third-order valence-electron chi connectivity index (χ3n) is 6.63. The summed E-state index contributed by atoms with van der Waals surface area (Å²) in [5.74, 6) is 3.49. The number of hydrogen-bond donors (Lipinski definition) is 0. The van der Waals surface area contributed by atoms with Crippen LogP contribution in [0.25, 0.3) is 16.9 Å². The molecule has 216 valence electrons. The molecule has 8 heteroatoms. The van der Waals surface area contributed by atoms with E-state index >= 15 is 0 Å². The first-order valence-electron chi connectivity index (χ1n) is 13.7. The molecule has 0 spiro atoms. The fraction of sp³-hybridized carbons (Fsp3) is 0.344. The molecule has 1 heterocycles. The first-order valence-corrected chi connectivity index (χ1v) is 14.0. The van der Waals surface area contributed by atoms with Gasteiger partial charge in [-0.15, -0.1) is 24.8 Å². The number of unbranched alkanes of at least 4 members (excludes halogenated alkanes) is 1. The van der Waals surface area contributed by atoms with Gasteiger partial charge in [0.15, 0.2) is 0 Å². The number of hydrogen-bond acceptors (Lipinski definition) is 4. The van der Waals surface area contributed by atoms with Gasteiger partial charge in [-0.25, -0.2) is 4.98 Å². The highest BCUT2D eigenvalue weighted by Crippen LogP contribution is 2.27. The maximum absolute atomic E-state index is 5.98. The predicted octanol–water partition coefficient (Wildman–Crippen LogP) is 9.28. The fourth-order valence-corrected chi connectivity index (χ4v) is 4.47. The minimum atomic E-state index is 0. The Morgan fingerprint density at radius 2 is 1.38 bits per heavy atom. The molecule has 0 N–H and O–H groups in total. The quantitative estimate of drug-likeness (QED) is 0.134. The van der Waals surface area contributed by atoms with E-state index in [1.807, 2.05) is 48.5 Å². The van der Waals surface area contributed by atoms with Gasteiger partial charge in [0.25, 0.3) is 0 Å². The zero-order valence-corrected chi connectivity index (χ0v) is 25.9. The lowest BCUT2D eigenvalue weighted by molar-refractivity contribution is 0.249. The van der Waals surface area contributed by atoms with Crippen LogP contribution >= 0.6 is 36.4 Å². The van der Waals surface area contributed by atoms with Crippen molar-refractivity contribution in [1.82, 2.24) is 14.5 Å². The number of benzene rings is 3. The van der Waals surface area contributed by atoms with Gasteiger partial charge in [-0.05, 0) is 98.7 Å². The van der Waals surface area contributed by atoms with Crippen LogP contribution in [0.4, 0.5) is 0 Å². The van der Waals surface area contributed by atoms with Gasteiger partial charge < -0.3 is 18.9 Å². The third kappa shape index (κ3) is 9.45. The van der Waals surface area contributed by atoms with Gasteiger partial charge in [0.05, 0.1) is 12.3 Å². The Bertz CT molecular complexity index is 1260. The van der Waals surface area contributed by atoms with Crippen molar-refractivity contribution in [3.63, 3.8) is 0 Å². The zero-order valence-electron chi connectivity index (χ0n) is 23.5. The average Bonchev–Trinajstić information content (AvgIpc) is 3.38. The van der Waals surface area contributed by atoms with Crippen LogP contribution in [-0.2, 0) is 6.42 Å². The van der Waals surface area contributed by atoms with Crippen LogP contribution in [-0.4, -0.2) is 40.7 Å². The zero-order chi connectivity index (χ0) is 26.7. The minimum absolute atomic E-state index is 0. The lowest BCUT2D eigenvalue weighted by Gasteiger charge is -2.17. The van der Waals surface area contributed by atoms with Crippen molar-refractivity contribution in [3.05, 3.63) is 89.8 Å². The molecule has 40 heavy (non-hydrogen) atoms. The second-order valence-corrected chi connectivity index (χ2v) is 9.76. The fourth-order valence-electron chi connectivity index (χ4n) is 4.35. The Morgan fingerprint density at radius 3 is 1.98 bits per heavy atom. The van der Waals surface area contributed by atoms with Gasteiger partial charge in [0, 0.05) is 35.4 Å². The van der Waals surface area contributed by atoms with Crippen molar-refractivity contribution in [2.75, 3.05) is 26.2 Å². The molecule has 0 atom stereocenters. The first kappa shape index (κ1) is 33.5. The van der Waals surface area contributed by atoms with E-state index in [1.165, 1.54) is 0 Å². The summed E-state index contributed by atoms with van der Waals surface area (Å²) in [6.07, 6.45) is 6.29. The number of nitrogens with zero attached hydrogens (tertiary/aromatic N) is 3. The number of imidazole rings is 1. The van der Waals surface area contributed by atoms with Crippen LogP contribution in [0.5, 0.6) is 17.2 Å². The molecule has 0 aliphatic heterocycles. The summed E-state index contributed by atoms with van der Waals surface area (Å²) < 4.78 is 14.1. The number of aromatic nitrogens is 2. The number of rotatable bonds is 14. The average molecular weight is 605 g/mol. The standard InChI is InChI=1S/C32H38ClN3O2.2ClH/c1-4-7-9-32-34-31(25-10-16-28(17-11-25)37-23-8-22-35(5-2)6-3)24-36(32)27-14-20-30(21-15-27)38-29-18-12-26(33)13-19-29;;/h10-21,24H,4-9,22-23H2,1-3H3;2*1H. The molecular weight excluding hydrogens is 565 g/mol. The smallest absolute Gasteiger partial charge is 0.127 e. The van der Waals surface area contributed by atoms with Gasteiger partial charge in [-0.1, -0.05) is 38.8 Å². The van der Waals surface area contributed by atoms with E-state index in [0.29, 0.717) is 5.02 Å². The van der Waals surface area contributed by atoms with Crippen LogP contribution in [0.15, 0.2) is 79.0 Å². The molecule has 4 rings (SSSR count). The van der Waals surface area contributed by atoms with Crippen molar-refractivity contribution in [2.24, 2.45) is 0 Å². The molecule has 0 bridgehead atoms. The van der Waals surface area contributed by atoms with Crippen LogP contribution in [0.2, 0.25) is 5.02 Å². The monoisotopic (exact) mass is 603 g/mol. The van der Waals surface area contributed by atoms with E-state index < -0.39 is 0 Å². The molecular formula is C32H40Cl3N3O2. The van der Waals surface area contributed by atoms with Crippen molar-refractivity contribution in [2.45, 2.75) is 46.5 Å². The van der Waals surface area contributed by atoms with E-state index in [9.17, 15) is 0 Å². The van der Waals surface area contributed by atoms with E-state index in [-0.39, 0.29) is 24.8 Å². The maximum Gasteiger partial charge on any atom is 0.127 e. The van der Waals surface area contributed by atoms with Gasteiger partial charge in [-0.2, -0.15) is 0 Å². The van der Waals surface area contributed by atoms with E-state index in [4.69, 9.17) is 26.1 Å². The van der Waals surface area contributed by atoms with E-state index in [2.05, 4.69) is 60.7 Å². The molecule has 0 saturated carbocycles. The molecule has 0 aliphatic rings. The molecule has 0 fully saturated rings. The third-order valence-corrected chi connectivity index (χ3v) is 6.88. The highest BCUT2D eigenvalue weighted by atomic mass is 35.5. The lowest BCUT2D eigenvalue weighted by atomic mass is 10.1. The summed E-state index contributed by atoms with van der Waals surface area (Å²) in [6, 6.07) is 23.8. The van der Waals surface area contributed by atoms with Gasteiger partial charge in [0.2, 0.25) is 0 Å². The number of halogens is 3. The highest BCUT2D eigenvalue weighted by molar-refractivity contribution is 6.30. The van der Waals surface area contributed by atoms with Crippen molar-refractivity contribution < 1.29 is 9.47 Å². The van der Waals surface area contributed by atoms with Crippen LogP contribution in [0.3, 0.4) is 0 Å². The van der Waals surface area contributed by atoms with Crippen molar-refractivity contribution in [1.29, 1.82) is 0 Å². The summed E-state index contributed by atoms with van der Waals surface area (Å²) >= 11 is 5.98. The molecule has 1 aromatic heterocycles. The molecule has 0 amide bonds. The first-order chi connectivity index (χ1) is 18.6. The summed E-state index contributed by atoms with van der Waals surface area (Å²) in [4.78, 5) is 7.42. The maximum atomic E-state index is 5.98. The van der Waals surface area contributed by atoms with Gasteiger partial charge in [0.1, 0.15) is 23.1 Å². The molecule has 0 unspecified atom stereocenters. The Balaban J connectivity index is 0.00000280. The summed E-state index contributed by atoms with van der Waals surface area (Å²) in [5, 5.41) is 0.691. The predicted molar refractivity (Wildman–Crippen MR) is 172 cm³/mol. The summed E-state index contributed by atoms with van der Waals surface area (Å²) in [5.41, 5.74) is 3.11. The minimum Gasteiger partial charge on any atom is -0.494 e.